The number of morpholine rings is 1. The maximum atomic E-state index is 13.6. The molecule has 184 valence electrons. The molecule has 1 aliphatic rings. The molecule has 36 heavy (non-hydrogen) atoms. The van der Waals surface area contributed by atoms with Crippen LogP contribution in [0.5, 0.6) is 5.75 Å². The van der Waals surface area contributed by atoms with Gasteiger partial charge in [-0.25, -0.2) is 14.6 Å². The van der Waals surface area contributed by atoms with Crippen molar-refractivity contribution in [1.29, 1.82) is 0 Å². The Kier molecular flexibility index (Phi) is 6.35. The van der Waals surface area contributed by atoms with Crippen LogP contribution in [0.15, 0.2) is 36.4 Å². The molecule has 1 saturated heterocycles. The van der Waals surface area contributed by atoms with Crippen LogP contribution in [-0.2, 0) is 11.3 Å². The Morgan fingerprint density at radius 1 is 1.08 bits per heavy atom. The zero-order valence-corrected chi connectivity index (χ0v) is 21.0. The van der Waals surface area contributed by atoms with Crippen molar-refractivity contribution in [1.82, 2.24) is 19.5 Å². The fourth-order valence-electron chi connectivity index (χ4n) is 4.80. The zero-order valence-electron chi connectivity index (χ0n) is 21.0. The number of aryl methyl sites for hydroxylation is 4. The molecule has 1 N–H and O–H groups in total. The molecule has 8 heteroatoms. The average Bonchev–Trinajstić information content (AvgIpc) is 3.40. The van der Waals surface area contributed by atoms with Crippen LogP contribution in [0.3, 0.4) is 0 Å². The number of benzene rings is 2. The molecule has 0 saturated carbocycles. The van der Waals surface area contributed by atoms with Crippen molar-refractivity contribution in [2.75, 3.05) is 26.3 Å². The van der Waals surface area contributed by atoms with Crippen LogP contribution in [0.2, 0.25) is 0 Å². The van der Waals surface area contributed by atoms with Crippen LogP contribution in [0, 0.1) is 34.3 Å². The van der Waals surface area contributed by atoms with Gasteiger partial charge < -0.3 is 9.47 Å². The van der Waals surface area contributed by atoms with Crippen molar-refractivity contribution in [3.8, 4) is 17.1 Å². The summed E-state index contributed by atoms with van der Waals surface area (Å²) in [7, 11) is 0. The molecule has 0 spiro atoms. The van der Waals surface area contributed by atoms with Gasteiger partial charge in [0.25, 0.3) is 0 Å². The first-order valence-electron chi connectivity index (χ1n) is 12.0. The molecule has 3 heterocycles. The predicted octanol–water partition coefficient (Wildman–Crippen LogP) is 5.17. The van der Waals surface area contributed by atoms with Crippen molar-refractivity contribution in [2.45, 2.75) is 34.2 Å². The van der Waals surface area contributed by atoms with Gasteiger partial charge in [0.2, 0.25) is 5.69 Å². The van der Waals surface area contributed by atoms with Gasteiger partial charge in [-0.3, -0.25) is 14.5 Å². The summed E-state index contributed by atoms with van der Waals surface area (Å²) in [6, 6.07) is 12.0. The summed E-state index contributed by atoms with van der Waals surface area (Å²) in [5, 5.41) is 3.33. The molecule has 0 amide bonds. The maximum absolute atomic E-state index is 13.6. The highest BCUT2D eigenvalue weighted by Gasteiger charge is 2.30. The highest BCUT2D eigenvalue weighted by molar-refractivity contribution is 6.05. The van der Waals surface area contributed by atoms with Gasteiger partial charge in [-0.05, 0) is 38.8 Å². The van der Waals surface area contributed by atoms with E-state index >= 15 is 0 Å². The fraction of sp³-hybridized carbons (Fsp3) is 0.321. The Hall–Kier alpha value is -3.93. The Morgan fingerprint density at radius 2 is 1.75 bits per heavy atom. The topological polar surface area (TPSA) is 76.2 Å². The number of aromatic amines is 1. The van der Waals surface area contributed by atoms with E-state index in [0.29, 0.717) is 42.7 Å². The van der Waals surface area contributed by atoms with Gasteiger partial charge in [-0.1, -0.05) is 47.5 Å². The summed E-state index contributed by atoms with van der Waals surface area (Å²) < 4.78 is 13.2. The summed E-state index contributed by atoms with van der Waals surface area (Å²) in [5.74, 6) is 0.565. The molecule has 8 nitrogen and oxygen atoms in total. The number of carbonyl (C=O) groups excluding carboxylic acids is 1. The lowest BCUT2D eigenvalue weighted by atomic mass is 10.1. The number of carbonyl (C=O) groups is 1. The Labute approximate surface area is 210 Å². The third kappa shape index (κ3) is 4.39. The Balaban J connectivity index is 1.63. The van der Waals surface area contributed by atoms with E-state index in [1.165, 1.54) is 0 Å². The van der Waals surface area contributed by atoms with Crippen LogP contribution in [0.4, 0.5) is 5.69 Å². The van der Waals surface area contributed by atoms with E-state index in [4.69, 9.17) is 21.0 Å². The third-order valence-electron chi connectivity index (χ3n) is 6.57. The van der Waals surface area contributed by atoms with Gasteiger partial charge in [0.05, 0.1) is 25.5 Å². The Bertz CT molecular complexity index is 1460. The minimum Gasteiger partial charge on any atom is -0.423 e. The lowest BCUT2D eigenvalue weighted by molar-refractivity contribution is 0.0335. The van der Waals surface area contributed by atoms with Crippen molar-refractivity contribution in [3.05, 3.63) is 81.3 Å². The second kappa shape index (κ2) is 9.61. The van der Waals surface area contributed by atoms with Crippen molar-refractivity contribution in [3.63, 3.8) is 0 Å². The fourth-order valence-corrected chi connectivity index (χ4v) is 4.80. The molecule has 1 fully saturated rings. The van der Waals surface area contributed by atoms with Crippen LogP contribution < -0.4 is 4.74 Å². The average molecular weight is 484 g/mol. The number of rotatable bonds is 5. The lowest BCUT2D eigenvalue weighted by Gasteiger charge is -2.26. The SMILES string of the molecule is [C-]#[N+]c1c(C(=O)Oc2c(C)cc(C)cc2C)c2nc(-c3ccc(C)cc3)[nH]n2c1CN1CCOCC1. The van der Waals surface area contributed by atoms with Crippen molar-refractivity contribution in [2.24, 2.45) is 0 Å². The molecular weight excluding hydrogens is 454 g/mol. The van der Waals surface area contributed by atoms with E-state index in [-0.39, 0.29) is 11.3 Å². The smallest absolute Gasteiger partial charge is 0.336 e. The van der Waals surface area contributed by atoms with E-state index in [1.807, 2.05) is 64.1 Å². The molecule has 5 rings (SSSR count). The normalized spacial score (nSPS) is 14.2. The summed E-state index contributed by atoms with van der Waals surface area (Å²) in [4.78, 5) is 24.4. The second-order valence-electron chi connectivity index (χ2n) is 9.39. The number of aromatic nitrogens is 3. The number of H-pyrrole nitrogens is 1. The van der Waals surface area contributed by atoms with Crippen molar-refractivity contribution >= 4 is 17.3 Å². The molecule has 0 aliphatic carbocycles. The van der Waals surface area contributed by atoms with Gasteiger partial charge in [0.15, 0.2) is 11.5 Å². The number of ether oxygens (including phenoxy) is 2. The van der Waals surface area contributed by atoms with Gasteiger partial charge in [-0.15, -0.1) is 0 Å². The number of fused-ring (bicyclic) bond motifs is 1. The predicted molar refractivity (Wildman–Crippen MR) is 138 cm³/mol. The van der Waals surface area contributed by atoms with Gasteiger partial charge in [-0.2, -0.15) is 0 Å². The number of hydrogen-bond donors (Lipinski definition) is 1. The van der Waals surface area contributed by atoms with E-state index < -0.39 is 5.97 Å². The summed E-state index contributed by atoms with van der Waals surface area (Å²) in [5.41, 5.74) is 6.42. The highest BCUT2D eigenvalue weighted by atomic mass is 16.5. The van der Waals surface area contributed by atoms with Crippen molar-refractivity contribution < 1.29 is 14.3 Å². The molecule has 0 unspecified atom stereocenters. The molecule has 4 aromatic rings. The molecule has 0 atom stereocenters. The maximum Gasteiger partial charge on any atom is 0.336 e. The molecule has 2 aromatic heterocycles. The first-order valence-corrected chi connectivity index (χ1v) is 12.0. The standard InChI is InChI=1S/C28H29N5O3/c1-17-6-8-21(9-7-17)26-30-27-23(28(34)36-25-19(3)14-18(2)15-20(25)4)24(29-5)22(33(27)31-26)16-32-10-12-35-13-11-32/h6-9,14-15H,10-13,16H2,1-4H3,(H,30,31). The van der Waals surface area contributed by atoms with Crippen LogP contribution >= 0.6 is 0 Å². The van der Waals surface area contributed by atoms with E-state index in [9.17, 15) is 4.79 Å². The summed E-state index contributed by atoms with van der Waals surface area (Å²) >= 11 is 0. The largest absolute Gasteiger partial charge is 0.423 e. The zero-order chi connectivity index (χ0) is 25.4. The first kappa shape index (κ1) is 23.8. The molecule has 0 radical (unpaired) electrons. The number of hydrogen-bond acceptors (Lipinski definition) is 5. The van der Waals surface area contributed by atoms with E-state index in [0.717, 1.165) is 40.9 Å². The lowest BCUT2D eigenvalue weighted by Crippen LogP contribution is -2.36. The minimum atomic E-state index is -0.580. The summed E-state index contributed by atoms with van der Waals surface area (Å²) in [6.45, 7) is 19.1. The Morgan fingerprint density at radius 3 is 2.39 bits per heavy atom. The first-order chi connectivity index (χ1) is 17.4. The van der Waals surface area contributed by atoms with Crippen LogP contribution in [-0.4, -0.2) is 51.8 Å². The molecule has 1 aliphatic heterocycles. The van der Waals surface area contributed by atoms with Gasteiger partial charge in [0, 0.05) is 25.2 Å². The quantitative estimate of drug-likeness (QED) is 0.241. The van der Waals surface area contributed by atoms with E-state index in [1.54, 1.807) is 4.52 Å². The summed E-state index contributed by atoms with van der Waals surface area (Å²) in [6.07, 6.45) is 0. The monoisotopic (exact) mass is 483 g/mol. The number of nitrogens with one attached hydrogen (secondary N) is 1. The third-order valence-corrected chi connectivity index (χ3v) is 6.57. The molecule has 0 bridgehead atoms. The second-order valence-corrected chi connectivity index (χ2v) is 9.39. The number of esters is 1. The van der Waals surface area contributed by atoms with Gasteiger partial charge in [0.1, 0.15) is 11.3 Å². The van der Waals surface area contributed by atoms with E-state index in [2.05, 4.69) is 14.8 Å². The molecular formula is C28H29N5O3. The van der Waals surface area contributed by atoms with Crippen LogP contribution in [0.25, 0.3) is 21.9 Å². The highest BCUT2D eigenvalue weighted by Crippen LogP contribution is 2.35. The van der Waals surface area contributed by atoms with Gasteiger partial charge >= 0.3 is 5.97 Å². The number of nitrogens with zero attached hydrogens (tertiary/aromatic N) is 4. The van der Waals surface area contributed by atoms with Crippen LogP contribution in [0.1, 0.15) is 38.3 Å². The molecule has 2 aromatic carbocycles. The minimum absolute atomic E-state index is 0.183.